The van der Waals surface area contributed by atoms with Gasteiger partial charge in [0.15, 0.2) is 0 Å². The predicted molar refractivity (Wildman–Crippen MR) is 50.8 cm³/mol. The number of esters is 1. The fourth-order valence-electron chi connectivity index (χ4n) is 1.94. The molecule has 1 aliphatic heterocycles. The van der Waals surface area contributed by atoms with Crippen molar-refractivity contribution in [2.24, 2.45) is 5.92 Å². The van der Waals surface area contributed by atoms with Crippen LogP contribution < -0.4 is 0 Å². The number of hydrogen-bond donors (Lipinski definition) is 1. The van der Waals surface area contributed by atoms with Gasteiger partial charge >= 0.3 is 5.97 Å². The lowest BCUT2D eigenvalue weighted by molar-refractivity contribution is -0.141. The fourth-order valence-corrected chi connectivity index (χ4v) is 1.94. The van der Waals surface area contributed by atoms with Crippen molar-refractivity contribution in [1.82, 2.24) is 0 Å². The third-order valence-corrected chi connectivity index (χ3v) is 2.69. The summed E-state index contributed by atoms with van der Waals surface area (Å²) in [5.74, 6) is 0.0929. The van der Waals surface area contributed by atoms with E-state index < -0.39 is 0 Å². The van der Waals surface area contributed by atoms with Gasteiger partial charge in [0.05, 0.1) is 25.9 Å². The summed E-state index contributed by atoms with van der Waals surface area (Å²) in [6.07, 6.45) is 2.16. The quantitative estimate of drug-likeness (QED) is 0.683. The SMILES string of the molecule is COC(=O)CC[C@@H]1C[C@H](C)O[C@@H]1CO. The molecule has 0 radical (unpaired) electrons. The van der Waals surface area contributed by atoms with Crippen LogP contribution in [0.4, 0.5) is 0 Å². The maximum absolute atomic E-state index is 10.9. The highest BCUT2D eigenvalue weighted by Gasteiger charge is 2.32. The van der Waals surface area contributed by atoms with E-state index in [9.17, 15) is 4.79 Å². The summed E-state index contributed by atoms with van der Waals surface area (Å²) >= 11 is 0. The van der Waals surface area contributed by atoms with Crippen LogP contribution in [-0.2, 0) is 14.3 Å². The summed E-state index contributed by atoms with van der Waals surface area (Å²) < 4.78 is 10.1. The zero-order valence-corrected chi connectivity index (χ0v) is 8.73. The minimum Gasteiger partial charge on any atom is -0.469 e. The lowest BCUT2D eigenvalue weighted by Gasteiger charge is -2.14. The van der Waals surface area contributed by atoms with Gasteiger partial charge in [0.25, 0.3) is 0 Å². The summed E-state index contributed by atoms with van der Waals surface area (Å²) in [6.45, 7) is 2.02. The van der Waals surface area contributed by atoms with E-state index in [4.69, 9.17) is 9.84 Å². The molecule has 1 aliphatic rings. The normalized spacial score (nSPS) is 31.8. The molecule has 82 valence electrons. The first kappa shape index (κ1) is 11.5. The lowest BCUT2D eigenvalue weighted by Crippen LogP contribution is -2.21. The fraction of sp³-hybridized carbons (Fsp3) is 0.900. The summed E-state index contributed by atoms with van der Waals surface area (Å²) in [4.78, 5) is 10.9. The van der Waals surface area contributed by atoms with Crippen LogP contribution in [0.3, 0.4) is 0 Å². The van der Waals surface area contributed by atoms with E-state index in [2.05, 4.69) is 4.74 Å². The molecule has 0 unspecified atom stereocenters. The maximum Gasteiger partial charge on any atom is 0.305 e. The van der Waals surface area contributed by atoms with E-state index in [0.717, 1.165) is 12.8 Å². The molecule has 0 aliphatic carbocycles. The van der Waals surface area contributed by atoms with Crippen molar-refractivity contribution >= 4 is 5.97 Å². The first-order valence-electron chi connectivity index (χ1n) is 5.00. The van der Waals surface area contributed by atoms with Gasteiger partial charge in [0, 0.05) is 6.42 Å². The average molecular weight is 202 g/mol. The Balaban J connectivity index is 2.32. The van der Waals surface area contributed by atoms with Gasteiger partial charge in [-0.3, -0.25) is 4.79 Å². The van der Waals surface area contributed by atoms with E-state index in [0.29, 0.717) is 6.42 Å². The third-order valence-electron chi connectivity index (χ3n) is 2.69. The largest absolute Gasteiger partial charge is 0.469 e. The first-order chi connectivity index (χ1) is 6.67. The Morgan fingerprint density at radius 2 is 2.36 bits per heavy atom. The second-order valence-electron chi connectivity index (χ2n) is 3.78. The number of hydrogen-bond acceptors (Lipinski definition) is 4. The molecule has 0 aromatic rings. The highest BCUT2D eigenvalue weighted by Crippen LogP contribution is 2.29. The monoisotopic (exact) mass is 202 g/mol. The zero-order chi connectivity index (χ0) is 10.6. The van der Waals surface area contributed by atoms with Crippen molar-refractivity contribution in [3.8, 4) is 0 Å². The molecule has 0 saturated carbocycles. The smallest absolute Gasteiger partial charge is 0.305 e. The van der Waals surface area contributed by atoms with Crippen molar-refractivity contribution in [2.75, 3.05) is 13.7 Å². The van der Waals surface area contributed by atoms with Gasteiger partial charge in [-0.1, -0.05) is 0 Å². The molecule has 1 fully saturated rings. The van der Waals surface area contributed by atoms with Crippen LogP contribution in [0.5, 0.6) is 0 Å². The molecule has 4 heteroatoms. The number of ether oxygens (including phenoxy) is 2. The second-order valence-corrected chi connectivity index (χ2v) is 3.78. The highest BCUT2D eigenvalue weighted by atomic mass is 16.5. The Bertz CT molecular complexity index is 193. The van der Waals surface area contributed by atoms with E-state index in [-0.39, 0.29) is 30.7 Å². The number of rotatable bonds is 4. The maximum atomic E-state index is 10.9. The van der Waals surface area contributed by atoms with E-state index >= 15 is 0 Å². The van der Waals surface area contributed by atoms with Gasteiger partial charge in [0.2, 0.25) is 0 Å². The third kappa shape index (κ3) is 2.96. The Kier molecular flexibility index (Phi) is 4.35. The summed E-state index contributed by atoms with van der Waals surface area (Å²) in [5.41, 5.74) is 0. The van der Waals surface area contributed by atoms with Crippen LogP contribution in [0.2, 0.25) is 0 Å². The van der Waals surface area contributed by atoms with Crippen LogP contribution >= 0.6 is 0 Å². The molecule has 0 spiro atoms. The minimum absolute atomic E-state index is 0.0379. The molecular weight excluding hydrogens is 184 g/mol. The first-order valence-corrected chi connectivity index (χ1v) is 5.00. The second kappa shape index (κ2) is 5.32. The van der Waals surface area contributed by atoms with Crippen LogP contribution in [0, 0.1) is 5.92 Å². The van der Waals surface area contributed by atoms with Crippen molar-refractivity contribution in [2.45, 2.75) is 38.4 Å². The van der Waals surface area contributed by atoms with Gasteiger partial charge in [-0.2, -0.15) is 0 Å². The molecule has 14 heavy (non-hydrogen) atoms. The van der Waals surface area contributed by atoms with Crippen molar-refractivity contribution in [1.29, 1.82) is 0 Å². The number of carbonyl (C=O) groups is 1. The topological polar surface area (TPSA) is 55.8 Å². The molecule has 0 amide bonds. The van der Waals surface area contributed by atoms with Gasteiger partial charge in [-0.25, -0.2) is 0 Å². The predicted octanol–water partition coefficient (Wildman–Crippen LogP) is 0.725. The van der Waals surface area contributed by atoms with Crippen molar-refractivity contribution < 1.29 is 19.4 Å². The Morgan fingerprint density at radius 1 is 1.64 bits per heavy atom. The molecule has 1 heterocycles. The highest BCUT2D eigenvalue weighted by molar-refractivity contribution is 5.69. The minimum atomic E-state index is -0.193. The van der Waals surface area contributed by atoms with Crippen LogP contribution in [0.1, 0.15) is 26.2 Å². The molecular formula is C10H18O4. The Hall–Kier alpha value is -0.610. The molecule has 1 saturated heterocycles. The average Bonchev–Trinajstić information content (AvgIpc) is 2.55. The Labute approximate surface area is 84.2 Å². The molecule has 0 aromatic carbocycles. The molecule has 0 aromatic heterocycles. The van der Waals surface area contributed by atoms with Crippen LogP contribution in [0.15, 0.2) is 0 Å². The number of carbonyl (C=O) groups excluding carboxylic acids is 1. The van der Waals surface area contributed by atoms with Crippen LogP contribution in [0.25, 0.3) is 0 Å². The molecule has 0 bridgehead atoms. The van der Waals surface area contributed by atoms with Gasteiger partial charge < -0.3 is 14.6 Å². The van der Waals surface area contributed by atoms with Crippen molar-refractivity contribution in [3.63, 3.8) is 0 Å². The van der Waals surface area contributed by atoms with E-state index in [1.165, 1.54) is 7.11 Å². The zero-order valence-electron chi connectivity index (χ0n) is 8.73. The molecule has 1 rings (SSSR count). The van der Waals surface area contributed by atoms with Crippen molar-refractivity contribution in [3.05, 3.63) is 0 Å². The van der Waals surface area contributed by atoms with Gasteiger partial charge in [0.1, 0.15) is 0 Å². The molecule has 1 N–H and O–H groups in total. The molecule has 3 atom stereocenters. The standard InChI is InChI=1S/C10H18O4/c1-7-5-8(9(6-11)14-7)3-4-10(12)13-2/h7-9,11H,3-6H2,1-2H3/t7-,8+,9+/m0/s1. The van der Waals surface area contributed by atoms with Gasteiger partial charge in [-0.15, -0.1) is 0 Å². The summed E-state index contributed by atoms with van der Waals surface area (Å²) in [7, 11) is 1.39. The summed E-state index contributed by atoms with van der Waals surface area (Å²) in [6, 6.07) is 0. The number of methoxy groups -OCH3 is 1. The summed E-state index contributed by atoms with van der Waals surface area (Å²) in [5, 5.41) is 9.04. The molecule has 4 nitrogen and oxygen atoms in total. The number of aliphatic hydroxyl groups excluding tert-OH is 1. The van der Waals surface area contributed by atoms with E-state index in [1.807, 2.05) is 6.92 Å². The van der Waals surface area contributed by atoms with Crippen LogP contribution in [-0.4, -0.2) is 37.0 Å². The number of aliphatic hydroxyl groups is 1. The lowest BCUT2D eigenvalue weighted by atomic mass is 9.95. The van der Waals surface area contributed by atoms with Gasteiger partial charge in [-0.05, 0) is 25.7 Å². The Morgan fingerprint density at radius 3 is 2.93 bits per heavy atom. The van der Waals surface area contributed by atoms with E-state index in [1.54, 1.807) is 0 Å².